The smallest absolute Gasteiger partial charge is 0.128 e. The number of fused-ring (bicyclic) bond motifs is 1. The number of aromatic amines is 1. The van der Waals surface area contributed by atoms with Crippen LogP contribution in [-0.2, 0) is 6.42 Å². The molecule has 0 aliphatic heterocycles. The summed E-state index contributed by atoms with van der Waals surface area (Å²) in [7, 11) is 0. The molecule has 2 aromatic heterocycles. The number of aromatic nitrogens is 2. The Labute approximate surface area is 121 Å². The monoisotopic (exact) mass is 286 g/mol. The molecule has 0 bridgehead atoms. The Hall–Kier alpha value is -1.52. The Morgan fingerprint density at radius 3 is 2.68 bits per heavy atom. The van der Waals surface area contributed by atoms with Crippen molar-refractivity contribution in [3.8, 4) is 11.1 Å². The molecule has 0 spiro atoms. The average Bonchev–Trinajstić information content (AvgIpc) is 2.76. The first-order chi connectivity index (χ1) is 9.20. The predicted molar refractivity (Wildman–Crippen MR) is 84.4 cm³/mol. The van der Waals surface area contributed by atoms with Crippen molar-refractivity contribution in [1.29, 1.82) is 0 Å². The second kappa shape index (κ2) is 4.87. The fourth-order valence-corrected chi connectivity index (χ4v) is 3.65. The van der Waals surface area contributed by atoms with Crippen LogP contribution in [0.3, 0.4) is 0 Å². The van der Waals surface area contributed by atoms with Gasteiger partial charge in [0.25, 0.3) is 0 Å². The van der Waals surface area contributed by atoms with Gasteiger partial charge in [0.1, 0.15) is 9.47 Å². The van der Waals surface area contributed by atoms with Crippen molar-refractivity contribution in [2.24, 2.45) is 0 Å². The molecule has 0 amide bonds. The summed E-state index contributed by atoms with van der Waals surface area (Å²) in [6.45, 7) is 4.30. The van der Waals surface area contributed by atoms with Crippen LogP contribution in [0.1, 0.15) is 17.4 Å². The maximum atomic E-state index is 5.41. The number of thiophene rings is 1. The van der Waals surface area contributed by atoms with E-state index in [1.54, 1.807) is 17.7 Å². The zero-order valence-corrected chi connectivity index (χ0v) is 12.5. The highest BCUT2D eigenvalue weighted by atomic mass is 32.1. The Morgan fingerprint density at radius 1 is 1.26 bits per heavy atom. The molecular formula is C15H14N2S2. The topological polar surface area (TPSA) is 28.7 Å². The summed E-state index contributed by atoms with van der Waals surface area (Å²) in [5.74, 6) is 0. The average molecular weight is 286 g/mol. The fourth-order valence-electron chi connectivity index (χ4n) is 2.31. The van der Waals surface area contributed by atoms with Gasteiger partial charge in [0.2, 0.25) is 0 Å². The molecule has 0 radical (unpaired) electrons. The molecule has 96 valence electrons. The quantitative estimate of drug-likeness (QED) is 0.679. The van der Waals surface area contributed by atoms with Crippen LogP contribution >= 0.6 is 23.6 Å². The lowest BCUT2D eigenvalue weighted by Gasteiger charge is -2.03. The summed E-state index contributed by atoms with van der Waals surface area (Å²) >= 11 is 7.11. The van der Waals surface area contributed by atoms with Gasteiger partial charge >= 0.3 is 0 Å². The van der Waals surface area contributed by atoms with Crippen LogP contribution in [0.5, 0.6) is 0 Å². The second-order valence-corrected chi connectivity index (χ2v) is 6.11. The van der Waals surface area contributed by atoms with Gasteiger partial charge < -0.3 is 4.98 Å². The molecule has 0 unspecified atom stereocenters. The Balaban J connectivity index is 2.29. The molecule has 0 saturated carbocycles. The van der Waals surface area contributed by atoms with Crippen molar-refractivity contribution < 1.29 is 0 Å². The van der Waals surface area contributed by atoms with E-state index < -0.39 is 0 Å². The fraction of sp³-hybridized carbons (Fsp3) is 0.200. The van der Waals surface area contributed by atoms with Gasteiger partial charge in [0.15, 0.2) is 0 Å². The molecule has 0 fully saturated rings. The molecule has 3 aromatic rings. The van der Waals surface area contributed by atoms with E-state index in [9.17, 15) is 0 Å². The Morgan fingerprint density at radius 2 is 2.00 bits per heavy atom. The van der Waals surface area contributed by atoms with E-state index in [2.05, 4.69) is 48.1 Å². The zero-order valence-electron chi connectivity index (χ0n) is 10.9. The number of H-pyrrole nitrogens is 1. The van der Waals surface area contributed by atoms with Gasteiger partial charge in [-0.05, 0) is 24.5 Å². The van der Waals surface area contributed by atoms with E-state index in [-0.39, 0.29) is 0 Å². The third-order valence-electron chi connectivity index (χ3n) is 3.32. The van der Waals surface area contributed by atoms with Crippen LogP contribution in [0.15, 0.2) is 30.6 Å². The van der Waals surface area contributed by atoms with E-state index in [0.717, 1.165) is 21.3 Å². The van der Waals surface area contributed by atoms with Crippen LogP contribution in [0.4, 0.5) is 0 Å². The second-order valence-electron chi connectivity index (χ2n) is 4.50. The summed E-state index contributed by atoms with van der Waals surface area (Å²) in [4.78, 5) is 9.68. The summed E-state index contributed by atoms with van der Waals surface area (Å²) in [5.41, 5.74) is 3.79. The van der Waals surface area contributed by atoms with Crippen molar-refractivity contribution in [3.63, 3.8) is 0 Å². The minimum absolute atomic E-state index is 0.768. The van der Waals surface area contributed by atoms with Gasteiger partial charge in [0.05, 0.1) is 11.7 Å². The van der Waals surface area contributed by atoms with Crippen molar-refractivity contribution in [3.05, 3.63) is 45.7 Å². The predicted octanol–water partition coefficient (Wildman–Crippen LogP) is 4.89. The van der Waals surface area contributed by atoms with E-state index in [4.69, 9.17) is 12.2 Å². The van der Waals surface area contributed by atoms with Crippen molar-refractivity contribution in [2.75, 3.05) is 0 Å². The highest BCUT2D eigenvalue weighted by Crippen LogP contribution is 2.37. The number of aryl methyl sites for hydroxylation is 2. The minimum atomic E-state index is 0.768. The van der Waals surface area contributed by atoms with Gasteiger partial charge in [-0.3, -0.25) is 0 Å². The number of nitrogens with one attached hydrogen (secondary N) is 1. The van der Waals surface area contributed by atoms with Gasteiger partial charge in [0, 0.05) is 10.4 Å². The summed E-state index contributed by atoms with van der Waals surface area (Å²) < 4.78 is 0.768. The normalized spacial score (nSPS) is 11.1. The third kappa shape index (κ3) is 2.11. The first-order valence-electron chi connectivity index (χ1n) is 6.26. The number of benzene rings is 1. The first-order valence-corrected chi connectivity index (χ1v) is 7.49. The lowest BCUT2D eigenvalue weighted by molar-refractivity contribution is 1.14. The molecule has 1 aromatic carbocycles. The SMILES string of the molecule is CCc1ccc(-c2c(C)sc3nc[nH]c(=S)c23)cc1. The van der Waals surface area contributed by atoms with E-state index in [1.807, 2.05) is 0 Å². The molecule has 1 N–H and O–H groups in total. The number of hydrogen-bond acceptors (Lipinski definition) is 3. The molecule has 2 heterocycles. The van der Waals surface area contributed by atoms with Crippen molar-refractivity contribution in [2.45, 2.75) is 20.3 Å². The number of rotatable bonds is 2. The molecular weight excluding hydrogens is 272 g/mol. The highest BCUT2D eigenvalue weighted by Gasteiger charge is 2.13. The molecule has 0 aliphatic rings. The largest absolute Gasteiger partial charge is 0.337 e. The van der Waals surface area contributed by atoms with E-state index in [1.165, 1.54) is 21.6 Å². The van der Waals surface area contributed by atoms with Crippen LogP contribution < -0.4 is 0 Å². The minimum Gasteiger partial charge on any atom is -0.337 e. The molecule has 4 heteroatoms. The maximum absolute atomic E-state index is 5.41. The van der Waals surface area contributed by atoms with Gasteiger partial charge in [-0.1, -0.05) is 43.4 Å². The van der Waals surface area contributed by atoms with Gasteiger partial charge in [-0.15, -0.1) is 11.3 Å². The standard InChI is InChI=1S/C15H14N2S2/c1-3-10-4-6-11(7-5-10)12-9(2)19-15-13(12)14(18)16-8-17-15/h4-8H,3H2,1-2H3,(H,16,17,18). The molecule has 19 heavy (non-hydrogen) atoms. The molecule has 2 nitrogen and oxygen atoms in total. The van der Waals surface area contributed by atoms with Crippen LogP contribution in [0, 0.1) is 11.6 Å². The van der Waals surface area contributed by atoms with E-state index in [0.29, 0.717) is 0 Å². The lowest BCUT2D eigenvalue weighted by atomic mass is 10.0. The molecule has 0 aliphatic carbocycles. The van der Waals surface area contributed by atoms with E-state index >= 15 is 0 Å². The summed E-state index contributed by atoms with van der Waals surface area (Å²) in [5, 5.41) is 1.07. The summed E-state index contributed by atoms with van der Waals surface area (Å²) in [6.07, 6.45) is 2.73. The van der Waals surface area contributed by atoms with Crippen LogP contribution in [0.25, 0.3) is 21.3 Å². The molecule has 3 rings (SSSR count). The zero-order chi connectivity index (χ0) is 13.4. The maximum Gasteiger partial charge on any atom is 0.128 e. The number of nitrogens with zero attached hydrogens (tertiary/aromatic N) is 1. The van der Waals surface area contributed by atoms with Gasteiger partial charge in [-0.25, -0.2) is 4.98 Å². The Bertz CT molecular complexity index is 782. The Kier molecular flexibility index (Phi) is 3.21. The van der Waals surface area contributed by atoms with Crippen molar-refractivity contribution in [1.82, 2.24) is 9.97 Å². The first kappa shape index (κ1) is 12.5. The third-order valence-corrected chi connectivity index (χ3v) is 4.66. The molecule has 0 atom stereocenters. The van der Waals surface area contributed by atoms with Crippen LogP contribution in [-0.4, -0.2) is 9.97 Å². The highest BCUT2D eigenvalue weighted by molar-refractivity contribution is 7.71. The molecule has 0 saturated heterocycles. The van der Waals surface area contributed by atoms with Gasteiger partial charge in [-0.2, -0.15) is 0 Å². The van der Waals surface area contributed by atoms with Crippen molar-refractivity contribution >= 4 is 33.8 Å². The lowest BCUT2D eigenvalue weighted by Crippen LogP contribution is -1.84. The number of hydrogen-bond donors (Lipinski definition) is 1. The van der Waals surface area contributed by atoms with Crippen LogP contribution in [0.2, 0.25) is 0 Å². The summed E-state index contributed by atoms with van der Waals surface area (Å²) in [6, 6.07) is 8.72.